The van der Waals surface area contributed by atoms with Crippen LogP contribution in [0.25, 0.3) is 0 Å². The molecule has 0 aliphatic carbocycles. The molecule has 1 aromatic rings. The highest BCUT2D eigenvalue weighted by Crippen LogP contribution is 2.25. The molecule has 0 amide bonds. The van der Waals surface area contributed by atoms with Gasteiger partial charge in [-0.3, -0.25) is 0 Å². The average molecular weight is 229 g/mol. The second-order valence-corrected chi connectivity index (χ2v) is 4.05. The van der Waals surface area contributed by atoms with E-state index < -0.39 is 0 Å². The zero-order valence-electron chi connectivity index (χ0n) is 8.26. The normalized spacial score (nSPS) is 21.3. The first kappa shape index (κ1) is 10.5. The summed E-state index contributed by atoms with van der Waals surface area (Å²) in [5, 5.41) is 0.759. The minimum atomic E-state index is -0.365. The van der Waals surface area contributed by atoms with Gasteiger partial charge in [0.1, 0.15) is 16.0 Å². The predicted octanol–water partition coefficient (Wildman–Crippen LogP) is 1.02. The molecular formula is C9H11NO4S. The average Bonchev–Trinajstić information content (AvgIpc) is 2.78. The van der Waals surface area contributed by atoms with Crippen LogP contribution in [0.3, 0.4) is 0 Å². The fourth-order valence-electron chi connectivity index (χ4n) is 1.26. The van der Waals surface area contributed by atoms with Crippen LogP contribution in [0, 0.1) is 0 Å². The molecule has 0 aromatic carbocycles. The molecule has 1 unspecified atom stereocenters. The van der Waals surface area contributed by atoms with E-state index in [0.29, 0.717) is 24.7 Å². The summed E-state index contributed by atoms with van der Waals surface area (Å²) in [6.07, 6.45) is 1.35. The maximum Gasteiger partial charge on any atom is 0.349 e. The molecule has 6 heteroatoms. The molecule has 82 valence electrons. The van der Waals surface area contributed by atoms with Gasteiger partial charge in [-0.1, -0.05) is 0 Å². The van der Waals surface area contributed by atoms with E-state index in [-0.39, 0.29) is 12.1 Å². The minimum Gasteiger partial charge on any atom is -0.465 e. The number of hydrogen-bond acceptors (Lipinski definition) is 6. The summed E-state index contributed by atoms with van der Waals surface area (Å²) in [7, 11) is 1.35. The maximum atomic E-state index is 11.2. The van der Waals surface area contributed by atoms with Crippen molar-refractivity contribution in [2.75, 3.05) is 26.9 Å². The first-order valence-corrected chi connectivity index (χ1v) is 5.36. The number of carbonyl (C=O) groups is 1. The summed E-state index contributed by atoms with van der Waals surface area (Å²) < 4.78 is 15.3. The summed E-state index contributed by atoms with van der Waals surface area (Å²) in [5.41, 5.74) is 0. The van der Waals surface area contributed by atoms with Crippen molar-refractivity contribution in [2.45, 2.75) is 6.10 Å². The third-order valence-electron chi connectivity index (χ3n) is 2.00. The van der Waals surface area contributed by atoms with E-state index in [9.17, 15) is 4.79 Å². The van der Waals surface area contributed by atoms with Gasteiger partial charge in [-0.15, -0.1) is 11.3 Å². The van der Waals surface area contributed by atoms with Crippen molar-refractivity contribution in [1.29, 1.82) is 0 Å². The highest BCUT2D eigenvalue weighted by Gasteiger charge is 2.21. The van der Waals surface area contributed by atoms with Crippen LogP contribution in [0.2, 0.25) is 0 Å². The fourth-order valence-corrected chi connectivity index (χ4v) is 2.13. The molecule has 5 nitrogen and oxygen atoms in total. The molecule has 2 heterocycles. The molecule has 2 rings (SSSR count). The van der Waals surface area contributed by atoms with Crippen LogP contribution >= 0.6 is 11.3 Å². The summed E-state index contributed by atoms with van der Waals surface area (Å²) >= 11 is 1.28. The van der Waals surface area contributed by atoms with Crippen LogP contribution in [0.1, 0.15) is 20.8 Å². The van der Waals surface area contributed by atoms with Gasteiger partial charge in [-0.2, -0.15) is 0 Å². The Kier molecular flexibility index (Phi) is 3.30. The number of rotatable bonds is 2. The van der Waals surface area contributed by atoms with E-state index in [1.807, 2.05) is 0 Å². The van der Waals surface area contributed by atoms with E-state index >= 15 is 0 Å². The van der Waals surface area contributed by atoms with E-state index in [0.717, 1.165) is 5.01 Å². The van der Waals surface area contributed by atoms with Gasteiger partial charge in [-0.25, -0.2) is 9.78 Å². The molecule has 0 radical (unpaired) electrons. The second kappa shape index (κ2) is 4.69. The number of ether oxygens (including phenoxy) is 3. The lowest BCUT2D eigenvalue weighted by molar-refractivity contribution is -0.0901. The third-order valence-corrected chi connectivity index (χ3v) is 3.07. The molecule has 1 atom stereocenters. The summed E-state index contributed by atoms with van der Waals surface area (Å²) in [4.78, 5) is 15.8. The molecule has 1 aliphatic rings. The van der Waals surface area contributed by atoms with Crippen molar-refractivity contribution in [2.24, 2.45) is 0 Å². The topological polar surface area (TPSA) is 57.7 Å². The number of aromatic nitrogens is 1. The Bertz CT molecular complexity index is 346. The zero-order chi connectivity index (χ0) is 10.7. The molecule has 0 N–H and O–H groups in total. The number of hydrogen-bond donors (Lipinski definition) is 0. The van der Waals surface area contributed by atoms with Gasteiger partial charge in [0.15, 0.2) is 0 Å². The molecule has 0 spiro atoms. The summed E-state index contributed by atoms with van der Waals surface area (Å²) in [6, 6.07) is 0. The molecule has 1 aromatic heterocycles. The van der Waals surface area contributed by atoms with Crippen LogP contribution in [0.5, 0.6) is 0 Å². The minimum absolute atomic E-state index is 0.151. The second-order valence-electron chi connectivity index (χ2n) is 2.99. The number of carbonyl (C=O) groups excluding carboxylic acids is 1. The molecule has 1 fully saturated rings. The largest absolute Gasteiger partial charge is 0.465 e. The highest BCUT2D eigenvalue weighted by atomic mass is 32.1. The first-order valence-electron chi connectivity index (χ1n) is 4.54. The Morgan fingerprint density at radius 2 is 2.53 bits per heavy atom. The van der Waals surface area contributed by atoms with Crippen LogP contribution in [0.4, 0.5) is 0 Å². The number of methoxy groups -OCH3 is 1. The van der Waals surface area contributed by atoms with E-state index in [1.54, 1.807) is 0 Å². The van der Waals surface area contributed by atoms with Gasteiger partial charge in [0.05, 0.1) is 33.1 Å². The van der Waals surface area contributed by atoms with Crippen molar-refractivity contribution in [3.8, 4) is 0 Å². The lowest BCUT2D eigenvalue weighted by Gasteiger charge is -2.20. The number of nitrogens with zero attached hydrogens (tertiary/aromatic N) is 1. The highest BCUT2D eigenvalue weighted by molar-refractivity contribution is 7.13. The molecule has 15 heavy (non-hydrogen) atoms. The molecule has 1 aliphatic heterocycles. The van der Waals surface area contributed by atoms with Crippen LogP contribution < -0.4 is 0 Å². The third kappa shape index (κ3) is 2.34. The van der Waals surface area contributed by atoms with Crippen LogP contribution in [-0.4, -0.2) is 37.9 Å². The van der Waals surface area contributed by atoms with Gasteiger partial charge in [0.25, 0.3) is 0 Å². The molecular weight excluding hydrogens is 218 g/mol. The molecule has 0 bridgehead atoms. The monoisotopic (exact) mass is 229 g/mol. The Morgan fingerprint density at radius 1 is 1.67 bits per heavy atom. The van der Waals surface area contributed by atoms with Crippen molar-refractivity contribution >= 4 is 17.3 Å². The number of esters is 1. The van der Waals surface area contributed by atoms with Crippen molar-refractivity contribution in [3.63, 3.8) is 0 Å². The van der Waals surface area contributed by atoms with Gasteiger partial charge in [-0.05, 0) is 0 Å². The Morgan fingerprint density at radius 3 is 3.20 bits per heavy atom. The fraction of sp³-hybridized carbons (Fsp3) is 0.556. The van der Waals surface area contributed by atoms with E-state index in [2.05, 4.69) is 9.72 Å². The van der Waals surface area contributed by atoms with E-state index in [1.165, 1.54) is 24.6 Å². The Hall–Kier alpha value is -0.980. The van der Waals surface area contributed by atoms with Gasteiger partial charge >= 0.3 is 5.97 Å². The Balaban J connectivity index is 2.08. The van der Waals surface area contributed by atoms with Crippen LogP contribution in [0.15, 0.2) is 6.20 Å². The predicted molar refractivity (Wildman–Crippen MR) is 53.0 cm³/mol. The molecule has 0 saturated carbocycles. The smallest absolute Gasteiger partial charge is 0.349 e. The van der Waals surface area contributed by atoms with Crippen molar-refractivity contribution in [1.82, 2.24) is 4.98 Å². The van der Waals surface area contributed by atoms with Crippen molar-refractivity contribution < 1.29 is 19.0 Å². The summed E-state index contributed by atoms with van der Waals surface area (Å²) in [5.74, 6) is -0.365. The summed E-state index contributed by atoms with van der Waals surface area (Å²) in [6.45, 7) is 1.68. The number of thiazole rings is 1. The van der Waals surface area contributed by atoms with Gasteiger partial charge in [0.2, 0.25) is 0 Å². The van der Waals surface area contributed by atoms with Crippen LogP contribution in [-0.2, 0) is 14.2 Å². The van der Waals surface area contributed by atoms with Gasteiger partial charge in [0, 0.05) is 0 Å². The SMILES string of the molecule is COC(=O)c1cnc(C2COCCO2)s1. The Labute approximate surface area is 91.0 Å². The lowest BCUT2D eigenvalue weighted by Crippen LogP contribution is -2.21. The first-order chi connectivity index (χ1) is 7.31. The van der Waals surface area contributed by atoms with Gasteiger partial charge < -0.3 is 14.2 Å². The lowest BCUT2D eigenvalue weighted by atomic mass is 10.4. The molecule has 1 saturated heterocycles. The standard InChI is InChI=1S/C9H11NO4S/c1-12-9(11)7-4-10-8(15-7)6-5-13-2-3-14-6/h4,6H,2-3,5H2,1H3. The van der Waals surface area contributed by atoms with E-state index in [4.69, 9.17) is 9.47 Å². The van der Waals surface area contributed by atoms with Crippen molar-refractivity contribution in [3.05, 3.63) is 16.1 Å². The zero-order valence-corrected chi connectivity index (χ0v) is 9.08. The quantitative estimate of drug-likeness (QED) is 0.708. The maximum absolute atomic E-state index is 11.2.